The third-order valence-corrected chi connectivity index (χ3v) is 7.35. The van der Waals surface area contributed by atoms with Crippen molar-refractivity contribution in [3.8, 4) is 6.07 Å². The summed E-state index contributed by atoms with van der Waals surface area (Å²) in [4.78, 5) is 24.7. The van der Waals surface area contributed by atoms with E-state index in [1.807, 2.05) is 6.07 Å². The number of likely N-dealkylation sites (tertiary alicyclic amines) is 1. The minimum absolute atomic E-state index is 0.0451. The SMILES string of the molecule is N#CC1(NC(=O)[C@@H]2C[C@@H](S(=O)(=O)c3ccccc3Cl)CN2C(=O)O)CC1. The van der Waals surface area contributed by atoms with E-state index < -0.39 is 38.7 Å². The molecule has 1 saturated heterocycles. The molecule has 1 aromatic rings. The van der Waals surface area contributed by atoms with E-state index in [4.69, 9.17) is 16.9 Å². The highest BCUT2D eigenvalue weighted by atomic mass is 35.5. The Hall–Kier alpha value is -2.31. The van der Waals surface area contributed by atoms with Crippen LogP contribution in [0.25, 0.3) is 0 Å². The summed E-state index contributed by atoms with van der Waals surface area (Å²) in [5.41, 5.74) is -0.957. The molecule has 0 bridgehead atoms. The molecule has 0 unspecified atom stereocenters. The molecule has 26 heavy (non-hydrogen) atoms. The quantitative estimate of drug-likeness (QED) is 0.790. The Balaban J connectivity index is 1.85. The molecule has 2 aliphatic rings. The van der Waals surface area contributed by atoms with E-state index in [1.54, 1.807) is 6.07 Å². The molecule has 138 valence electrons. The minimum atomic E-state index is -3.92. The van der Waals surface area contributed by atoms with Gasteiger partial charge in [0, 0.05) is 6.54 Å². The summed E-state index contributed by atoms with van der Waals surface area (Å²) in [6.45, 7) is -0.333. The number of amides is 2. The second kappa shape index (κ2) is 6.45. The van der Waals surface area contributed by atoms with E-state index >= 15 is 0 Å². The molecule has 0 radical (unpaired) electrons. The Morgan fingerprint density at radius 2 is 2.00 bits per heavy atom. The number of hydrogen-bond acceptors (Lipinski definition) is 5. The van der Waals surface area contributed by atoms with Gasteiger partial charge in [0.25, 0.3) is 0 Å². The zero-order valence-corrected chi connectivity index (χ0v) is 15.1. The predicted octanol–water partition coefficient (Wildman–Crippen LogP) is 1.41. The van der Waals surface area contributed by atoms with Crippen molar-refractivity contribution in [3.63, 3.8) is 0 Å². The van der Waals surface area contributed by atoms with Crippen molar-refractivity contribution in [2.45, 2.75) is 41.0 Å². The molecule has 0 aromatic heterocycles. The maximum absolute atomic E-state index is 12.9. The number of hydrogen-bond donors (Lipinski definition) is 2. The second-order valence-electron chi connectivity index (χ2n) is 6.47. The van der Waals surface area contributed by atoms with Gasteiger partial charge in [-0.3, -0.25) is 9.69 Å². The summed E-state index contributed by atoms with van der Waals surface area (Å²) < 4.78 is 25.7. The average Bonchev–Trinajstić information content (AvgIpc) is 3.20. The number of carboxylic acid groups (broad SMARTS) is 1. The van der Waals surface area contributed by atoms with Crippen LogP contribution in [-0.4, -0.2) is 53.8 Å². The van der Waals surface area contributed by atoms with Crippen LogP contribution in [-0.2, 0) is 14.6 Å². The summed E-state index contributed by atoms with van der Waals surface area (Å²) in [7, 11) is -3.92. The summed E-state index contributed by atoms with van der Waals surface area (Å²) in [6.07, 6.45) is -0.580. The highest BCUT2D eigenvalue weighted by Gasteiger charge is 2.50. The van der Waals surface area contributed by atoms with Crippen molar-refractivity contribution in [3.05, 3.63) is 29.3 Å². The molecule has 2 atom stereocenters. The number of carbonyl (C=O) groups excluding carboxylic acids is 1. The molecule has 10 heteroatoms. The monoisotopic (exact) mass is 397 g/mol. The standard InChI is InChI=1S/C16H16ClN3O5S/c17-11-3-1-2-4-13(11)26(24,25)10-7-12(20(8-10)15(22)23)14(21)19-16(9-18)5-6-16/h1-4,10,12H,5-8H2,(H,19,21)(H,22,23)/t10-,12+/m1/s1. The van der Waals surface area contributed by atoms with Gasteiger partial charge >= 0.3 is 6.09 Å². The third-order valence-electron chi connectivity index (χ3n) is 4.72. The van der Waals surface area contributed by atoms with Crippen molar-refractivity contribution in [1.82, 2.24) is 10.2 Å². The first kappa shape index (κ1) is 18.5. The smallest absolute Gasteiger partial charge is 0.408 e. The van der Waals surface area contributed by atoms with Gasteiger partial charge in [0.2, 0.25) is 5.91 Å². The second-order valence-corrected chi connectivity index (χ2v) is 9.07. The van der Waals surface area contributed by atoms with Crippen molar-refractivity contribution < 1.29 is 23.1 Å². The highest BCUT2D eigenvalue weighted by molar-refractivity contribution is 7.92. The van der Waals surface area contributed by atoms with Gasteiger partial charge in [0.15, 0.2) is 9.84 Å². The van der Waals surface area contributed by atoms with Crippen molar-refractivity contribution in [2.24, 2.45) is 0 Å². The maximum Gasteiger partial charge on any atom is 0.408 e. The Bertz CT molecular complexity index is 907. The summed E-state index contributed by atoms with van der Waals surface area (Å²) in [5, 5.41) is 19.9. The molecule has 1 aliphatic heterocycles. The number of nitriles is 1. The van der Waals surface area contributed by atoms with Crippen LogP contribution >= 0.6 is 11.6 Å². The molecule has 2 amide bonds. The number of sulfone groups is 1. The molecule has 1 heterocycles. The summed E-state index contributed by atoms with van der Waals surface area (Å²) in [6, 6.07) is 6.73. The molecule has 8 nitrogen and oxygen atoms in total. The van der Waals surface area contributed by atoms with Crippen LogP contribution in [0.1, 0.15) is 19.3 Å². The van der Waals surface area contributed by atoms with Crippen LogP contribution in [0.5, 0.6) is 0 Å². The Kier molecular flexibility index (Phi) is 4.58. The fourth-order valence-electron chi connectivity index (χ4n) is 3.05. The van der Waals surface area contributed by atoms with Gasteiger partial charge < -0.3 is 10.4 Å². The summed E-state index contributed by atoms with van der Waals surface area (Å²) >= 11 is 5.97. The van der Waals surface area contributed by atoms with E-state index in [9.17, 15) is 23.1 Å². The Morgan fingerprint density at radius 3 is 2.54 bits per heavy atom. The zero-order chi connectivity index (χ0) is 19.1. The van der Waals surface area contributed by atoms with Crippen molar-refractivity contribution in [1.29, 1.82) is 5.26 Å². The zero-order valence-electron chi connectivity index (χ0n) is 13.6. The highest BCUT2D eigenvalue weighted by Crippen LogP contribution is 2.36. The number of nitrogens with zero attached hydrogens (tertiary/aromatic N) is 2. The van der Waals surface area contributed by atoms with E-state index in [0.29, 0.717) is 12.8 Å². The molecule has 1 aromatic carbocycles. The van der Waals surface area contributed by atoms with Crippen LogP contribution in [0, 0.1) is 11.3 Å². The normalized spacial score (nSPS) is 23.9. The Labute approximate surface area is 155 Å². The first-order chi connectivity index (χ1) is 12.2. The van der Waals surface area contributed by atoms with E-state index in [2.05, 4.69) is 5.32 Å². The lowest BCUT2D eigenvalue weighted by atomic mass is 10.2. The van der Waals surface area contributed by atoms with Gasteiger partial charge in [-0.2, -0.15) is 5.26 Å². The van der Waals surface area contributed by atoms with Crippen LogP contribution in [0.4, 0.5) is 4.79 Å². The lowest BCUT2D eigenvalue weighted by Gasteiger charge is -2.21. The van der Waals surface area contributed by atoms with E-state index in [1.165, 1.54) is 18.2 Å². The molecule has 2 N–H and O–H groups in total. The fourth-order valence-corrected chi connectivity index (χ4v) is 5.26. The topological polar surface area (TPSA) is 128 Å². The fraction of sp³-hybridized carbons (Fsp3) is 0.438. The number of halogens is 1. The van der Waals surface area contributed by atoms with Crippen molar-refractivity contribution >= 4 is 33.4 Å². The molecular weight excluding hydrogens is 382 g/mol. The summed E-state index contributed by atoms with van der Waals surface area (Å²) in [5.74, 6) is -0.650. The number of nitrogens with one attached hydrogen (secondary N) is 1. The maximum atomic E-state index is 12.9. The van der Waals surface area contributed by atoms with Gasteiger partial charge in [-0.1, -0.05) is 23.7 Å². The Morgan fingerprint density at radius 1 is 1.35 bits per heavy atom. The minimum Gasteiger partial charge on any atom is -0.465 e. The van der Waals surface area contributed by atoms with Gasteiger partial charge in [-0.05, 0) is 31.4 Å². The van der Waals surface area contributed by atoms with Crippen LogP contribution in [0.15, 0.2) is 29.2 Å². The third kappa shape index (κ3) is 3.22. The predicted molar refractivity (Wildman–Crippen MR) is 91.3 cm³/mol. The molecule has 0 spiro atoms. The van der Waals surface area contributed by atoms with Gasteiger partial charge in [0.05, 0.1) is 21.2 Å². The van der Waals surface area contributed by atoms with E-state index in [-0.39, 0.29) is 22.9 Å². The van der Waals surface area contributed by atoms with E-state index in [0.717, 1.165) is 4.90 Å². The molecule has 3 rings (SSSR count). The number of benzene rings is 1. The lowest BCUT2D eigenvalue weighted by molar-refractivity contribution is -0.125. The van der Waals surface area contributed by atoms with Crippen molar-refractivity contribution in [2.75, 3.05) is 6.54 Å². The van der Waals surface area contributed by atoms with Crippen LogP contribution in [0.3, 0.4) is 0 Å². The molecule has 1 aliphatic carbocycles. The average molecular weight is 398 g/mol. The van der Waals surface area contributed by atoms with Gasteiger partial charge in [-0.25, -0.2) is 13.2 Å². The lowest BCUT2D eigenvalue weighted by Crippen LogP contribution is -2.49. The number of rotatable bonds is 4. The van der Waals surface area contributed by atoms with Crippen LogP contribution < -0.4 is 5.32 Å². The van der Waals surface area contributed by atoms with Gasteiger partial charge in [-0.15, -0.1) is 0 Å². The molecular formula is C16H16ClN3O5S. The largest absolute Gasteiger partial charge is 0.465 e. The van der Waals surface area contributed by atoms with Gasteiger partial charge in [0.1, 0.15) is 11.6 Å². The molecule has 1 saturated carbocycles. The molecule has 2 fully saturated rings. The first-order valence-corrected chi connectivity index (χ1v) is 9.84. The van der Waals surface area contributed by atoms with Crippen LogP contribution in [0.2, 0.25) is 5.02 Å². The first-order valence-electron chi connectivity index (χ1n) is 7.91. The number of carbonyl (C=O) groups is 2.